The maximum atomic E-state index is 12.1. The molecule has 6 heteroatoms. The zero-order chi connectivity index (χ0) is 14.5. The second-order valence-corrected chi connectivity index (χ2v) is 5.07. The number of amides is 1. The third-order valence-corrected chi connectivity index (χ3v) is 3.51. The van der Waals surface area contributed by atoms with Gasteiger partial charge in [0.25, 0.3) is 0 Å². The van der Waals surface area contributed by atoms with E-state index in [2.05, 4.69) is 10.6 Å². The molecule has 1 heterocycles. The lowest BCUT2D eigenvalue weighted by Crippen LogP contribution is -2.43. The van der Waals surface area contributed by atoms with Gasteiger partial charge in [0.15, 0.2) is 0 Å². The molecule has 0 bridgehead atoms. The van der Waals surface area contributed by atoms with Gasteiger partial charge in [-0.05, 0) is 25.5 Å². The largest absolute Gasteiger partial charge is 0.496 e. The number of rotatable bonds is 4. The minimum Gasteiger partial charge on any atom is -0.496 e. The van der Waals surface area contributed by atoms with Crippen LogP contribution in [0.1, 0.15) is 17.5 Å². The number of hydrogen-bond acceptors (Lipinski definition) is 4. The summed E-state index contributed by atoms with van der Waals surface area (Å²) < 4.78 is 10.7. The molecule has 21 heavy (non-hydrogen) atoms. The summed E-state index contributed by atoms with van der Waals surface area (Å²) in [5, 5.41) is 6.22. The summed E-state index contributed by atoms with van der Waals surface area (Å²) in [5.74, 6) is 0.809. The molecule has 118 valence electrons. The second-order valence-electron chi connectivity index (χ2n) is 5.07. The van der Waals surface area contributed by atoms with Crippen LogP contribution in [0.4, 0.5) is 5.69 Å². The molecule has 1 aliphatic heterocycles. The molecular weight excluding hydrogens is 292 g/mol. The highest BCUT2D eigenvalue weighted by Crippen LogP contribution is 2.29. The highest BCUT2D eigenvalue weighted by Gasteiger charge is 2.18. The van der Waals surface area contributed by atoms with E-state index in [-0.39, 0.29) is 24.4 Å². The molecule has 2 rings (SSSR count). The van der Waals surface area contributed by atoms with Crippen molar-refractivity contribution in [1.82, 2.24) is 5.32 Å². The molecule has 5 nitrogen and oxygen atoms in total. The van der Waals surface area contributed by atoms with Crippen LogP contribution in [-0.2, 0) is 9.53 Å². The number of morpholine rings is 1. The van der Waals surface area contributed by atoms with Gasteiger partial charge in [-0.25, -0.2) is 0 Å². The molecule has 1 fully saturated rings. The number of carbonyl (C=O) groups excluding carboxylic acids is 1. The Morgan fingerprint density at radius 1 is 1.48 bits per heavy atom. The van der Waals surface area contributed by atoms with Gasteiger partial charge in [0.2, 0.25) is 5.91 Å². The average molecular weight is 315 g/mol. The number of ether oxygens (including phenoxy) is 2. The predicted molar refractivity (Wildman–Crippen MR) is 85.6 cm³/mol. The zero-order valence-corrected chi connectivity index (χ0v) is 13.5. The number of halogens is 1. The van der Waals surface area contributed by atoms with Gasteiger partial charge in [0.05, 0.1) is 20.3 Å². The molecule has 1 saturated heterocycles. The quantitative estimate of drug-likeness (QED) is 0.893. The summed E-state index contributed by atoms with van der Waals surface area (Å²) in [4.78, 5) is 12.1. The Morgan fingerprint density at radius 3 is 2.86 bits per heavy atom. The molecule has 0 spiro atoms. The summed E-state index contributed by atoms with van der Waals surface area (Å²) in [6.07, 6.45) is 0.412. The van der Waals surface area contributed by atoms with E-state index in [1.807, 2.05) is 26.0 Å². The zero-order valence-electron chi connectivity index (χ0n) is 12.7. The predicted octanol–water partition coefficient (Wildman–Crippen LogP) is 2.05. The first-order valence-electron chi connectivity index (χ1n) is 6.87. The molecular formula is C15H23ClN2O3. The Hall–Kier alpha value is -1.30. The van der Waals surface area contributed by atoms with Crippen LogP contribution in [0, 0.1) is 13.8 Å². The Balaban J connectivity index is 0.00000220. The van der Waals surface area contributed by atoms with Gasteiger partial charge in [-0.1, -0.05) is 6.07 Å². The molecule has 1 unspecified atom stereocenters. The first-order valence-corrected chi connectivity index (χ1v) is 6.87. The highest BCUT2D eigenvalue weighted by molar-refractivity contribution is 5.92. The van der Waals surface area contributed by atoms with Crippen LogP contribution < -0.4 is 15.4 Å². The Morgan fingerprint density at radius 2 is 2.24 bits per heavy atom. The molecule has 0 saturated carbocycles. The molecule has 1 aromatic carbocycles. The number of benzene rings is 1. The molecule has 1 atom stereocenters. The van der Waals surface area contributed by atoms with E-state index in [4.69, 9.17) is 9.47 Å². The van der Waals surface area contributed by atoms with Crippen LogP contribution in [-0.4, -0.2) is 38.8 Å². The van der Waals surface area contributed by atoms with Crippen molar-refractivity contribution in [1.29, 1.82) is 0 Å². The molecule has 0 aliphatic carbocycles. The van der Waals surface area contributed by atoms with Crippen molar-refractivity contribution in [2.45, 2.75) is 26.3 Å². The molecule has 2 N–H and O–H groups in total. The lowest BCUT2D eigenvalue weighted by molar-refractivity contribution is -0.117. The standard InChI is InChI=1S/C15H22N2O3.ClH/c1-10-4-5-13(11(2)15(10)19-3)17-14(18)8-12-9-20-7-6-16-12;/h4-5,12,16H,6-9H2,1-3H3,(H,17,18);1H. The molecule has 1 aromatic rings. The van der Waals surface area contributed by atoms with Gasteiger partial charge in [0.1, 0.15) is 5.75 Å². The van der Waals surface area contributed by atoms with Crippen molar-refractivity contribution in [3.8, 4) is 5.75 Å². The van der Waals surface area contributed by atoms with E-state index in [9.17, 15) is 4.79 Å². The molecule has 1 amide bonds. The molecule has 0 radical (unpaired) electrons. The van der Waals surface area contributed by atoms with Crippen molar-refractivity contribution < 1.29 is 14.3 Å². The summed E-state index contributed by atoms with van der Waals surface area (Å²) in [6, 6.07) is 3.95. The summed E-state index contributed by atoms with van der Waals surface area (Å²) in [5.41, 5.74) is 2.81. The van der Waals surface area contributed by atoms with Crippen molar-refractivity contribution in [2.75, 3.05) is 32.2 Å². The van der Waals surface area contributed by atoms with Crippen molar-refractivity contribution in [2.24, 2.45) is 0 Å². The van der Waals surface area contributed by atoms with Gasteiger partial charge < -0.3 is 20.1 Å². The maximum Gasteiger partial charge on any atom is 0.226 e. The van der Waals surface area contributed by atoms with Crippen LogP contribution in [0.2, 0.25) is 0 Å². The maximum absolute atomic E-state index is 12.1. The highest BCUT2D eigenvalue weighted by atomic mass is 35.5. The van der Waals surface area contributed by atoms with E-state index >= 15 is 0 Å². The van der Waals surface area contributed by atoms with Crippen LogP contribution in [0.5, 0.6) is 5.75 Å². The van der Waals surface area contributed by atoms with E-state index in [1.165, 1.54) is 0 Å². The number of aryl methyl sites for hydroxylation is 1. The van der Waals surface area contributed by atoms with E-state index in [0.717, 1.165) is 29.1 Å². The number of nitrogens with one attached hydrogen (secondary N) is 2. The number of methoxy groups -OCH3 is 1. The smallest absolute Gasteiger partial charge is 0.226 e. The summed E-state index contributed by atoms with van der Waals surface area (Å²) >= 11 is 0. The fourth-order valence-electron chi connectivity index (χ4n) is 2.45. The van der Waals surface area contributed by atoms with Gasteiger partial charge in [-0.3, -0.25) is 4.79 Å². The molecule has 0 aromatic heterocycles. The first-order chi connectivity index (χ1) is 9.61. The molecule has 1 aliphatic rings. The van der Waals surface area contributed by atoms with Crippen molar-refractivity contribution in [3.63, 3.8) is 0 Å². The number of carbonyl (C=O) groups is 1. The van der Waals surface area contributed by atoms with Gasteiger partial charge >= 0.3 is 0 Å². The number of hydrogen-bond donors (Lipinski definition) is 2. The van der Waals surface area contributed by atoms with Crippen molar-refractivity contribution >= 4 is 24.0 Å². The lowest BCUT2D eigenvalue weighted by atomic mass is 10.1. The van der Waals surface area contributed by atoms with Crippen LogP contribution in [0.25, 0.3) is 0 Å². The van der Waals surface area contributed by atoms with Gasteiger partial charge in [-0.15, -0.1) is 12.4 Å². The fraction of sp³-hybridized carbons (Fsp3) is 0.533. The SMILES string of the molecule is COc1c(C)ccc(NC(=O)CC2COCCN2)c1C.Cl. The Kier molecular flexibility index (Phi) is 6.95. The fourth-order valence-corrected chi connectivity index (χ4v) is 2.45. The monoisotopic (exact) mass is 314 g/mol. The average Bonchev–Trinajstić information content (AvgIpc) is 2.44. The Labute approximate surface area is 131 Å². The van der Waals surface area contributed by atoms with Crippen LogP contribution in [0.15, 0.2) is 12.1 Å². The first kappa shape index (κ1) is 17.8. The minimum atomic E-state index is -0.0120. The van der Waals surface area contributed by atoms with Crippen molar-refractivity contribution in [3.05, 3.63) is 23.3 Å². The normalized spacial score (nSPS) is 17.8. The summed E-state index contributed by atoms with van der Waals surface area (Å²) in [7, 11) is 1.64. The van der Waals surface area contributed by atoms with Gasteiger partial charge in [-0.2, -0.15) is 0 Å². The van der Waals surface area contributed by atoms with Gasteiger partial charge in [0, 0.05) is 30.3 Å². The third-order valence-electron chi connectivity index (χ3n) is 3.51. The summed E-state index contributed by atoms with van der Waals surface area (Å²) in [6.45, 7) is 6.04. The van der Waals surface area contributed by atoms with E-state index < -0.39 is 0 Å². The minimum absolute atomic E-state index is 0. The lowest BCUT2D eigenvalue weighted by Gasteiger charge is -2.23. The second kappa shape index (κ2) is 8.22. The number of anilines is 1. The third kappa shape index (κ3) is 4.59. The topological polar surface area (TPSA) is 59.6 Å². The van der Waals surface area contributed by atoms with E-state index in [0.29, 0.717) is 19.6 Å². The Bertz CT molecular complexity index is 488. The van der Waals surface area contributed by atoms with E-state index in [1.54, 1.807) is 7.11 Å². The van der Waals surface area contributed by atoms with Crippen LogP contribution >= 0.6 is 12.4 Å². The van der Waals surface area contributed by atoms with Crippen LogP contribution in [0.3, 0.4) is 0 Å².